The summed E-state index contributed by atoms with van der Waals surface area (Å²) in [5.74, 6) is -2.35. The first kappa shape index (κ1) is 18.2. The lowest BCUT2D eigenvalue weighted by Gasteiger charge is -2.34. The van der Waals surface area contributed by atoms with E-state index in [2.05, 4.69) is 0 Å². The molecular formula is C12H14F3N3O6. The molecule has 0 unspecified atom stereocenters. The molecule has 134 valence electrons. The first-order valence-corrected chi connectivity index (χ1v) is 6.66. The van der Waals surface area contributed by atoms with Gasteiger partial charge in [0.2, 0.25) is 0 Å². The van der Waals surface area contributed by atoms with Gasteiger partial charge in [-0.15, -0.1) is 0 Å². The van der Waals surface area contributed by atoms with Gasteiger partial charge in [-0.2, -0.15) is 13.2 Å². The van der Waals surface area contributed by atoms with Crippen LogP contribution in [0.4, 0.5) is 13.2 Å². The zero-order chi connectivity index (χ0) is 18.3. The normalized spacial score (nSPS) is 30.3. The van der Waals surface area contributed by atoms with Crippen LogP contribution in [0.1, 0.15) is 13.2 Å². The van der Waals surface area contributed by atoms with Gasteiger partial charge in [0.25, 0.3) is 5.56 Å². The van der Waals surface area contributed by atoms with E-state index in [1.54, 1.807) is 5.32 Å². The van der Waals surface area contributed by atoms with Crippen LogP contribution in [0.5, 0.6) is 0 Å². The monoisotopic (exact) mass is 353 g/mol. The summed E-state index contributed by atoms with van der Waals surface area (Å²) < 4.78 is 43.5. The quantitative estimate of drug-likeness (QED) is 0.508. The van der Waals surface area contributed by atoms with Crippen molar-refractivity contribution in [1.82, 2.24) is 14.9 Å². The van der Waals surface area contributed by atoms with Gasteiger partial charge in [-0.05, 0) is 6.92 Å². The first-order chi connectivity index (χ1) is 11.0. The molecule has 9 nitrogen and oxygen atoms in total. The van der Waals surface area contributed by atoms with Crippen LogP contribution in [0.3, 0.4) is 0 Å². The van der Waals surface area contributed by atoms with Crippen molar-refractivity contribution in [3.05, 3.63) is 33.1 Å². The predicted octanol–water partition coefficient (Wildman–Crippen LogP) is -1.78. The molecular weight excluding hydrogens is 339 g/mol. The fourth-order valence-electron chi connectivity index (χ4n) is 2.47. The van der Waals surface area contributed by atoms with Crippen LogP contribution in [-0.2, 0) is 9.53 Å². The van der Waals surface area contributed by atoms with Crippen molar-refractivity contribution < 1.29 is 32.9 Å². The minimum absolute atomic E-state index is 0.705. The summed E-state index contributed by atoms with van der Waals surface area (Å²) in [7, 11) is 0. The Labute approximate surface area is 131 Å². The Hall–Kier alpha value is -2.18. The Morgan fingerprint density at radius 1 is 1.50 bits per heavy atom. The SMILES string of the molecule is C[C@@]1(NC(=O)C(F)(F)F)[C@H](O)[C@@H](CO)O[C@H]1n1ccc(=O)[nH]c1=O. The van der Waals surface area contributed by atoms with Gasteiger partial charge in [-0.1, -0.05) is 0 Å². The number of ether oxygens (including phenoxy) is 1. The van der Waals surface area contributed by atoms with E-state index < -0.39 is 53.9 Å². The summed E-state index contributed by atoms with van der Waals surface area (Å²) in [5.41, 5.74) is -3.87. The number of aromatic nitrogens is 2. The van der Waals surface area contributed by atoms with Crippen LogP contribution < -0.4 is 16.6 Å². The van der Waals surface area contributed by atoms with Gasteiger partial charge in [0.05, 0.1) is 6.61 Å². The van der Waals surface area contributed by atoms with Crippen molar-refractivity contribution in [2.45, 2.75) is 37.1 Å². The highest BCUT2D eigenvalue weighted by Gasteiger charge is 2.57. The summed E-state index contributed by atoms with van der Waals surface area (Å²) in [6, 6.07) is 0.912. The Morgan fingerprint density at radius 2 is 2.12 bits per heavy atom. The van der Waals surface area contributed by atoms with E-state index in [-0.39, 0.29) is 0 Å². The number of nitrogens with one attached hydrogen (secondary N) is 2. The van der Waals surface area contributed by atoms with Gasteiger partial charge in [0.15, 0.2) is 6.23 Å². The number of nitrogens with zero attached hydrogens (tertiary/aromatic N) is 1. The molecule has 0 aliphatic carbocycles. The highest BCUT2D eigenvalue weighted by molar-refractivity contribution is 5.82. The predicted molar refractivity (Wildman–Crippen MR) is 70.9 cm³/mol. The molecule has 0 aromatic carbocycles. The Kier molecular flexibility index (Phi) is 4.57. The maximum Gasteiger partial charge on any atom is 0.471 e. The van der Waals surface area contributed by atoms with E-state index in [1.807, 2.05) is 4.98 Å². The second-order valence-electron chi connectivity index (χ2n) is 5.41. The third-order valence-corrected chi connectivity index (χ3v) is 3.71. The zero-order valence-electron chi connectivity index (χ0n) is 12.2. The van der Waals surface area contributed by atoms with E-state index in [0.717, 1.165) is 19.2 Å². The van der Waals surface area contributed by atoms with E-state index in [4.69, 9.17) is 4.74 Å². The third-order valence-electron chi connectivity index (χ3n) is 3.71. The largest absolute Gasteiger partial charge is 0.471 e. The molecule has 1 aromatic heterocycles. The Bertz CT molecular complexity index is 745. The molecule has 0 saturated carbocycles. The maximum absolute atomic E-state index is 12.5. The van der Waals surface area contributed by atoms with Gasteiger partial charge in [-0.3, -0.25) is 19.1 Å². The van der Waals surface area contributed by atoms with Crippen LogP contribution in [-0.4, -0.2) is 56.2 Å². The average molecular weight is 353 g/mol. The van der Waals surface area contributed by atoms with Gasteiger partial charge in [0.1, 0.15) is 17.7 Å². The number of H-pyrrole nitrogens is 1. The number of hydrogen-bond donors (Lipinski definition) is 4. The number of amides is 1. The summed E-state index contributed by atoms with van der Waals surface area (Å²) in [6.45, 7) is 0.256. The van der Waals surface area contributed by atoms with E-state index in [1.165, 1.54) is 0 Å². The number of hydrogen-bond acceptors (Lipinski definition) is 6. The van der Waals surface area contributed by atoms with E-state index in [9.17, 15) is 37.8 Å². The molecule has 0 spiro atoms. The average Bonchev–Trinajstić information content (AvgIpc) is 2.70. The van der Waals surface area contributed by atoms with Crippen LogP contribution in [0.2, 0.25) is 0 Å². The van der Waals surface area contributed by atoms with Crippen molar-refractivity contribution in [3.63, 3.8) is 0 Å². The zero-order valence-corrected chi connectivity index (χ0v) is 12.2. The fourth-order valence-corrected chi connectivity index (χ4v) is 2.47. The van der Waals surface area contributed by atoms with Crippen molar-refractivity contribution in [2.75, 3.05) is 6.61 Å². The van der Waals surface area contributed by atoms with Gasteiger partial charge in [0, 0.05) is 12.3 Å². The molecule has 1 amide bonds. The second kappa shape index (κ2) is 6.03. The van der Waals surface area contributed by atoms with Gasteiger partial charge in [-0.25, -0.2) is 4.79 Å². The van der Waals surface area contributed by atoms with Crippen LogP contribution in [0, 0.1) is 0 Å². The van der Waals surface area contributed by atoms with Crippen molar-refractivity contribution >= 4 is 5.91 Å². The van der Waals surface area contributed by atoms with Gasteiger partial charge < -0.3 is 20.3 Å². The molecule has 2 heterocycles. The minimum Gasteiger partial charge on any atom is -0.394 e. The molecule has 4 N–H and O–H groups in total. The smallest absolute Gasteiger partial charge is 0.394 e. The molecule has 0 bridgehead atoms. The summed E-state index contributed by atoms with van der Waals surface area (Å²) in [5, 5.41) is 20.9. The topological polar surface area (TPSA) is 134 Å². The Morgan fingerprint density at radius 3 is 2.62 bits per heavy atom. The molecule has 0 radical (unpaired) electrons. The summed E-state index contributed by atoms with van der Waals surface area (Å²) in [6.07, 6.45) is -9.00. The molecule has 2 rings (SSSR count). The number of aromatic amines is 1. The van der Waals surface area contributed by atoms with Crippen molar-refractivity contribution in [1.29, 1.82) is 0 Å². The third kappa shape index (κ3) is 3.07. The summed E-state index contributed by atoms with van der Waals surface area (Å²) >= 11 is 0. The number of halogens is 3. The van der Waals surface area contributed by atoms with Crippen LogP contribution >= 0.6 is 0 Å². The van der Waals surface area contributed by atoms with Crippen LogP contribution in [0.15, 0.2) is 21.9 Å². The second-order valence-corrected chi connectivity index (χ2v) is 5.41. The number of carbonyl (C=O) groups excluding carboxylic acids is 1. The number of alkyl halides is 3. The molecule has 1 aromatic rings. The van der Waals surface area contributed by atoms with Crippen molar-refractivity contribution in [2.24, 2.45) is 0 Å². The maximum atomic E-state index is 12.5. The molecule has 24 heavy (non-hydrogen) atoms. The number of aliphatic hydroxyl groups excluding tert-OH is 2. The first-order valence-electron chi connectivity index (χ1n) is 6.66. The lowest BCUT2D eigenvalue weighted by Crippen LogP contribution is -2.60. The number of aliphatic hydroxyl groups is 2. The van der Waals surface area contributed by atoms with E-state index in [0.29, 0.717) is 4.57 Å². The fraction of sp³-hybridized carbons (Fsp3) is 0.583. The lowest BCUT2D eigenvalue weighted by atomic mass is 9.91. The molecule has 1 aliphatic rings. The minimum atomic E-state index is -5.24. The lowest BCUT2D eigenvalue weighted by molar-refractivity contribution is -0.177. The molecule has 4 atom stereocenters. The number of rotatable bonds is 3. The number of carbonyl (C=O) groups is 1. The molecule has 12 heteroatoms. The highest BCUT2D eigenvalue weighted by atomic mass is 19.4. The summed E-state index contributed by atoms with van der Waals surface area (Å²) in [4.78, 5) is 36.1. The van der Waals surface area contributed by atoms with Gasteiger partial charge >= 0.3 is 17.8 Å². The molecule has 1 saturated heterocycles. The van der Waals surface area contributed by atoms with E-state index >= 15 is 0 Å². The molecule has 1 fully saturated rings. The Balaban J connectivity index is 2.49. The van der Waals surface area contributed by atoms with Crippen LogP contribution in [0.25, 0.3) is 0 Å². The van der Waals surface area contributed by atoms with Crippen molar-refractivity contribution in [3.8, 4) is 0 Å². The molecule has 1 aliphatic heterocycles. The standard InChI is InChI=1S/C12H14F3N3O6/c1-11(17-8(22)12(13,14)15)7(21)5(4-19)24-9(11)18-3-2-6(20)16-10(18)23/h2-3,5,7,9,19,21H,4H2,1H3,(H,17,22)(H,16,20,23)/t5-,7-,9-,11-/m1/s1. The highest BCUT2D eigenvalue weighted by Crippen LogP contribution is 2.38.